The van der Waals surface area contributed by atoms with E-state index in [1.54, 1.807) is 6.92 Å². The van der Waals surface area contributed by atoms with Crippen LogP contribution in [0.1, 0.15) is 17.3 Å². The summed E-state index contributed by atoms with van der Waals surface area (Å²) in [6.45, 7) is 1.57. The number of nitrogens with zero attached hydrogens (tertiary/aromatic N) is 1. The van der Waals surface area contributed by atoms with Crippen LogP contribution in [0.15, 0.2) is 48.8 Å². The van der Waals surface area contributed by atoms with E-state index in [1.165, 1.54) is 0 Å². The van der Waals surface area contributed by atoms with E-state index < -0.39 is 0 Å². The minimum Gasteiger partial charge on any atom is -0.323 e. The molecule has 0 saturated heterocycles. The number of hydrogen-bond acceptors (Lipinski definition) is 1. The van der Waals surface area contributed by atoms with Crippen molar-refractivity contribution in [2.75, 3.05) is 0 Å². The van der Waals surface area contributed by atoms with Crippen molar-refractivity contribution in [3.8, 4) is 5.69 Å². The number of benzene rings is 1. The summed E-state index contributed by atoms with van der Waals surface area (Å²) in [6, 6.07) is 11.8. The first-order chi connectivity index (χ1) is 6.77. The number of carbonyl (C=O) groups excluding carboxylic acids is 1. The van der Waals surface area contributed by atoms with Gasteiger partial charge in [-0.1, -0.05) is 18.2 Å². The standard InChI is InChI=1S/C12H11NO/c1-10(14)11-7-8-13(9-11)12-5-3-2-4-6-12/h2-9H,1H3. The minimum absolute atomic E-state index is 0.0969. The van der Waals surface area contributed by atoms with Gasteiger partial charge in [-0.3, -0.25) is 4.79 Å². The Morgan fingerprint density at radius 1 is 1.14 bits per heavy atom. The van der Waals surface area contributed by atoms with Crippen LogP contribution in [-0.2, 0) is 0 Å². The van der Waals surface area contributed by atoms with E-state index in [1.807, 2.05) is 53.4 Å². The molecule has 1 aromatic heterocycles. The van der Waals surface area contributed by atoms with Gasteiger partial charge in [0.15, 0.2) is 5.78 Å². The van der Waals surface area contributed by atoms with Crippen LogP contribution in [0.4, 0.5) is 0 Å². The van der Waals surface area contributed by atoms with Crippen molar-refractivity contribution in [2.24, 2.45) is 0 Å². The molecule has 0 amide bonds. The number of para-hydroxylation sites is 1. The molecular formula is C12H11NO. The van der Waals surface area contributed by atoms with E-state index in [2.05, 4.69) is 0 Å². The number of hydrogen-bond donors (Lipinski definition) is 0. The molecule has 14 heavy (non-hydrogen) atoms. The monoisotopic (exact) mass is 185 g/mol. The average molecular weight is 185 g/mol. The van der Waals surface area contributed by atoms with Gasteiger partial charge in [-0.2, -0.15) is 0 Å². The van der Waals surface area contributed by atoms with Gasteiger partial charge in [0.1, 0.15) is 0 Å². The summed E-state index contributed by atoms with van der Waals surface area (Å²) in [5.41, 5.74) is 1.81. The van der Waals surface area contributed by atoms with E-state index >= 15 is 0 Å². The van der Waals surface area contributed by atoms with Crippen LogP contribution < -0.4 is 0 Å². The molecule has 0 atom stereocenters. The Kier molecular flexibility index (Phi) is 2.19. The molecular weight excluding hydrogens is 174 g/mol. The van der Waals surface area contributed by atoms with Gasteiger partial charge in [0.05, 0.1) is 0 Å². The number of carbonyl (C=O) groups is 1. The second-order valence-corrected chi connectivity index (χ2v) is 3.20. The van der Waals surface area contributed by atoms with E-state index in [0.29, 0.717) is 0 Å². The number of ketones is 1. The topological polar surface area (TPSA) is 22.0 Å². The molecule has 2 heteroatoms. The van der Waals surface area contributed by atoms with Gasteiger partial charge in [0, 0.05) is 23.6 Å². The van der Waals surface area contributed by atoms with Gasteiger partial charge in [-0.05, 0) is 25.1 Å². The Balaban J connectivity index is 2.39. The zero-order chi connectivity index (χ0) is 9.97. The Morgan fingerprint density at radius 3 is 2.43 bits per heavy atom. The van der Waals surface area contributed by atoms with Gasteiger partial charge in [0.2, 0.25) is 0 Å². The second kappa shape index (κ2) is 3.50. The zero-order valence-corrected chi connectivity index (χ0v) is 7.97. The molecule has 0 spiro atoms. The highest BCUT2D eigenvalue weighted by molar-refractivity contribution is 5.93. The Hall–Kier alpha value is -1.83. The predicted octanol–water partition coefficient (Wildman–Crippen LogP) is 2.68. The van der Waals surface area contributed by atoms with Gasteiger partial charge in [-0.25, -0.2) is 0 Å². The van der Waals surface area contributed by atoms with Gasteiger partial charge >= 0.3 is 0 Å². The molecule has 0 aliphatic carbocycles. The molecule has 0 fully saturated rings. The normalized spacial score (nSPS) is 10.1. The highest BCUT2D eigenvalue weighted by atomic mass is 16.1. The molecule has 0 saturated carbocycles. The summed E-state index contributed by atoms with van der Waals surface area (Å²) in [4.78, 5) is 11.1. The van der Waals surface area contributed by atoms with Crippen molar-refractivity contribution in [3.05, 3.63) is 54.4 Å². The third-order valence-electron chi connectivity index (χ3n) is 2.15. The summed E-state index contributed by atoms with van der Waals surface area (Å²) < 4.78 is 1.94. The van der Waals surface area contributed by atoms with Crippen LogP contribution in [0.2, 0.25) is 0 Å². The Bertz CT molecular complexity index is 442. The van der Waals surface area contributed by atoms with Crippen molar-refractivity contribution in [1.29, 1.82) is 0 Å². The Labute approximate surface area is 82.8 Å². The summed E-state index contributed by atoms with van der Waals surface area (Å²) in [5.74, 6) is 0.0969. The van der Waals surface area contributed by atoms with Crippen molar-refractivity contribution < 1.29 is 4.79 Å². The number of rotatable bonds is 2. The van der Waals surface area contributed by atoms with Crippen LogP contribution in [0.5, 0.6) is 0 Å². The quantitative estimate of drug-likeness (QED) is 0.659. The SMILES string of the molecule is CC(=O)c1ccn(-c2ccccc2)c1. The maximum Gasteiger partial charge on any atom is 0.161 e. The molecule has 0 aliphatic heterocycles. The average Bonchev–Trinajstić information content (AvgIpc) is 2.68. The lowest BCUT2D eigenvalue weighted by atomic mass is 10.2. The minimum atomic E-state index is 0.0969. The van der Waals surface area contributed by atoms with Crippen LogP contribution in [-0.4, -0.2) is 10.4 Å². The molecule has 2 rings (SSSR count). The maximum atomic E-state index is 11.1. The predicted molar refractivity (Wildman–Crippen MR) is 55.8 cm³/mol. The van der Waals surface area contributed by atoms with Crippen LogP contribution >= 0.6 is 0 Å². The van der Waals surface area contributed by atoms with E-state index in [4.69, 9.17) is 0 Å². The molecule has 1 heterocycles. The molecule has 0 aliphatic rings. The lowest BCUT2D eigenvalue weighted by molar-refractivity contribution is 0.101. The first-order valence-electron chi connectivity index (χ1n) is 4.52. The molecule has 2 nitrogen and oxygen atoms in total. The van der Waals surface area contributed by atoms with Crippen molar-refractivity contribution in [2.45, 2.75) is 6.92 Å². The van der Waals surface area contributed by atoms with Crippen LogP contribution in [0.3, 0.4) is 0 Å². The molecule has 0 unspecified atom stereocenters. The molecule has 2 aromatic rings. The van der Waals surface area contributed by atoms with E-state index in [9.17, 15) is 4.79 Å². The first-order valence-corrected chi connectivity index (χ1v) is 4.52. The highest BCUT2D eigenvalue weighted by Crippen LogP contribution is 2.10. The van der Waals surface area contributed by atoms with Crippen LogP contribution in [0.25, 0.3) is 5.69 Å². The molecule has 70 valence electrons. The third kappa shape index (κ3) is 1.59. The smallest absolute Gasteiger partial charge is 0.161 e. The fourth-order valence-electron chi connectivity index (χ4n) is 1.37. The van der Waals surface area contributed by atoms with E-state index in [0.717, 1.165) is 11.3 Å². The van der Waals surface area contributed by atoms with Gasteiger partial charge < -0.3 is 4.57 Å². The maximum absolute atomic E-state index is 11.1. The summed E-state index contributed by atoms with van der Waals surface area (Å²) >= 11 is 0. The fourth-order valence-corrected chi connectivity index (χ4v) is 1.37. The van der Waals surface area contributed by atoms with Gasteiger partial charge in [0.25, 0.3) is 0 Å². The fraction of sp³-hybridized carbons (Fsp3) is 0.0833. The lowest BCUT2D eigenvalue weighted by Gasteiger charge is -2.00. The lowest BCUT2D eigenvalue weighted by Crippen LogP contribution is -1.91. The first kappa shape index (κ1) is 8.75. The van der Waals surface area contributed by atoms with Crippen molar-refractivity contribution >= 4 is 5.78 Å². The highest BCUT2D eigenvalue weighted by Gasteiger charge is 2.01. The third-order valence-corrected chi connectivity index (χ3v) is 2.15. The summed E-state index contributed by atoms with van der Waals surface area (Å²) in [7, 11) is 0. The largest absolute Gasteiger partial charge is 0.323 e. The summed E-state index contributed by atoms with van der Waals surface area (Å²) in [6.07, 6.45) is 3.74. The van der Waals surface area contributed by atoms with E-state index in [-0.39, 0.29) is 5.78 Å². The second-order valence-electron chi connectivity index (χ2n) is 3.20. The van der Waals surface area contributed by atoms with Gasteiger partial charge in [-0.15, -0.1) is 0 Å². The molecule has 1 aromatic carbocycles. The molecule has 0 bridgehead atoms. The molecule has 0 radical (unpaired) electrons. The van der Waals surface area contributed by atoms with Crippen molar-refractivity contribution in [3.63, 3.8) is 0 Å². The number of aromatic nitrogens is 1. The van der Waals surface area contributed by atoms with Crippen molar-refractivity contribution in [1.82, 2.24) is 4.57 Å². The number of Topliss-reactive ketones (excluding diaryl/α,β-unsaturated/α-hetero) is 1. The summed E-state index contributed by atoms with van der Waals surface area (Å²) in [5, 5.41) is 0. The molecule has 0 N–H and O–H groups in total. The zero-order valence-electron chi connectivity index (χ0n) is 7.97. The Morgan fingerprint density at radius 2 is 1.86 bits per heavy atom. The van der Waals surface area contributed by atoms with Crippen LogP contribution in [0, 0.1) is 0 Å².